The zero-order valence-electron chi connectivity index (χ0n) is 19.0. The molecule has 0 radical (unpaired) electrons. The van der Waals surface area contributed by atoms with Gasteiger partial charge in [-0.25, -0.2) is 4.79 Å². The molecule has 5 rings (SSSR count). The first-order valence-corrected chi connectivity index (χ1v) is 11.4. The largest absolute Gasteiger partial charge is 0.454 e. The SMILES string of the molecule is C[N+]1(CC(=O)Nc2cccnn2)CCCC(OC(=O)C2(O)c3ccccc3-c3ccccc32)C1. The number of fused-ring (bicyclic) bond motifs is 3. The lowest BCUT2D eigenvalue weighted by molar-refractivity contribution is -0.909. The monoisotopic (exact) mass is 459 g/mol. The predicted octanol–water partition coefficient (Wildman–Crippen LogP) is 2.48. The van der Waals surface area contributed by atoms with Gasteiger partial charge in [0.2, 0.25) is 5.60 Å². The highest BCUT2D eigenvalue weighted by molar-refractivity contribution is 5.96. The molecule has 8 heteroatoms. The van der Waals surface area contributed by atoms with Crippen LogP contribution in [-0.4, -0.2) is 64.4 Å². The van der Waals surface area contributed by atoms with Gasteiger partial charge >= 0.3 is 5.97 Å². The first-order valence-electron chi connectivity index (χ1n) is 11.4. The number of likely N-dealkylation sites (N-methyl/N-ethyl adjacent to an activating group) is 1. The van der Waals surface area contributed by atoms with Crippen molar-refractivity contribution in [3.8, 4) is 11.1 Å². The molecule has 2 aromatic carbocycles. The van der Waals surface area contributed by atoms with E-state index in [1.54, 1.807) is 30.5 Å². The maximum atomic E-state index is 13.5. The highest BCUT2D eigenvalue weighted by Gasteiger charge is 2.50. The van der Waals surface area contributed by atoms with Gasteiger partial charge in [-0.2, -0.15) is 5.10 Å². The predicted molar refractivity (Wildman–Crippen MR) is 125 cm³/mol. The molecule has 1 aliphatic heterocycles. The molecule has 2 atom stereocenters. The lowest BCUT2D eigenvalue weighted by atomic mass is 9.91. The van der Waals surface area contributed by atoms with Gasteiger partial charge in [0.1, 0.15) is 6.54 Å². The number of ether oxygens (including phenoxy) is 1. The number of quaternary nitrogens is 1. The van der Waals surface area contributed by atoms with E-state index in [1.807, 2.05) is 43.4 Å². The molecule has 174 valence electrons. The van der Waals surface area contributed by atoms with E-state index in [0.717, 1.165) is 24.1 Å². The fourth-order valence-corrected chi connectivity index (χ4v) is 5.18. The van der Waals surface area contributed by atoms with Gasteiger partial charge < -0.3 is 19.6 Å². The molecule has 1 aliphatic carbocycles. The molecule has 1 fully saturated rings. The van der Waals surface area contributed by atoms with Crippen LogP contribution in [0.2, 0.25) is 0 Å². The van der Waals surface area contributed by atoms with Crippen molar-refractivity contribution in [1.82, 2.24) is 10.2 Å². The molecule has 2 unspecified atom stereocenters. The van der Waals surface area contributed by atoms with E-state index in [0.29, 0.717) is 34.4 Å². The van der Waals surface area contributed by atoms with Crippen molar-refractivity contribution in [2.24, 2.45) is 0 Å². The van der Waals surface area contributed by atoms with E-state index < -0.39 is 17.7 Å². The summed E-state index contributed by atoms with van der Waals surface area (Å²) in [4.78, 5) is 26.1. The van der Waals surface area contributed by atoms with Crippen LogP contribution in [0.1, 0.15) is 24.0 Å². The molecule has 8 nitrogen and oxygen atoms in total. The number of benzene rings is 2. The zero-order chi connectivity index (χ0) is 23.8. The number of hydrogen-bond donors (Lipinski definition) is 2. The van der Waals surface area contributed by atoms with Crippen LogP contribution in [0.25, 0.3) is 11.1 Å². The first-order chi connectivity index (χ1) is 16.4. The number of nitrogens with one attached hydrogen (secondary N) is 1. The van der Waals surface area contributed by atoms with Crippen molar-refractivity contribution in [2.45, 2.75) is 24.5 Å². The lowest BCUT2D eigenvalue weighted by Crippen LogP contribution is -2.57. The van der Waals surface area contributed by atoms with Gasteiger partial charge in [0.15, 0.2) is 18.5 Å². The number of rotatable bonds is 5. The number of nitrogens with zero attached hydrogens (tertiary/aromatic N) is 3. The van der Waals surface area contributed by atoms with E-state index >= 15 is 0 Å². The summed E-state index contributed by atoms with van der Waals surface area (Å²) in [6.45, 7) is 1.50. The molecule has 0 saturated carbocycles. The van der Waals surface area contributed by atoms with Gasteiger partial charge in [-0.1, -0.05) is 48.5 Å². The van der Waals surface area contributed by atoms with E-state index in [2.05, 4.69) is 15.5 Å². The summed E-state index contributed by atoms with van der Waals surface area (Å²) in [7, 11) is 1.98. The average molecular weight is 460 g/mol. The maximum absolute atomic E-state index is 13.5. The summed E-state index contributed by atoms with van der Waals surface area (Å²) in [6, 6.07) is 18.2. The minimum absolute atomic E-state index is 0.174. The molecule has 2 N–H and O–H groups in total. The van der Waals surface area contributed by atoms with Gasteiger partial charge in [0, 0.05) is 23.7 Å². The smallest absolute Gasteiger partial charge is 0.348 e. The number of aliphatic hydroxyl groups is 1. The minimum Gasteiger partial charge on any atom is -0.454 e. The summed E-state index contributed by atoms with van der Waals surface area (Å²) in [6.07, 6.45) is 2.63. The standard InChI is InChI=1S/C26H26N4O4/c1-30(17-24(31)28-23-13-6-14-27-29-23)15-7-8-18(16-30)34-25(32)26(33)21-11-4-2-9-19(21)20-10-3-5-12-22(20)26/h2-6,9-14,18,33H,7-8,15-17H2,1H3/p+1. The van der Waals surface area contributed by atoms with E-state index in [9.17, 15) is 14.7 Å². The van der Waals surface area contributed by atoms with Gasteiger partial charge in [-0.05, 0) is 29.7 Å². The second kappa shape index (κ2) is 8.62. The summed E-state index contributed by atoms with van der Waals surface area (Å²) in [5, 5.41) is 22.1. The average Bonchev–Trinajstić information content (AvgIpc) is 3.09. The Bertz CT molecular complexity index is 1190. The number of hydrogen-bond acceptors (Lipinski definition) is 6. The van der Waals surface area contributed by atoms with Crippen LogP contribution in [-0.2, 0) is 19.9 Å². The topological polar surface area (TPSA) is 101 Å². The lowest BCUT2D eigenvalue weighted by Gasteiger charge is -2.40. The molecular weight excluding hydrogens is 432 g/mol. The Kier molecular flexibility index (Phi) is 5.63. The molecule has 0 bridgehead atoms. The van der Waals surface area contributed by atoms with Crippen LogP contribution >= 0.6 is 0 Å². The van der Waals surface area contributed by atoms with Gasteiger partial charge in [0.05, 0.1) is 13.6 Å². The molecule has 2 aliphatic rings. The normalized spacial score (nSPS) is 22.4. The van der Waals surface area contributed by atoms with Crippen LogP contribution < -0.4 is 5.32 Å². The third kappa shape index (κ3) is 3.95. The van der Waals surface area contributed by atoms with E-state index in [1.165, 1.54) is 0 Å². The highest BCUT2D eigenvalue weighted by atomic mass is 16.6. The second-order valence-electron chi connectivity index (χ2n) is 9.31. The quantitative estimate of drug-likeness (QED) is 0.449. The van der Waals surface area contributed by atoms with Crippen molar-refractivity contribution in [3.05, 3.63) is 78.0 Å². The van der Waals surface area contributed by atoms with Crippen LogP contribution in [0.4, 0.5) is 5.82 Å². The number of aromatic nitrogens is 2. The molecule has 34 heavy (non-hydrogen) atoms. The third-order valence-corrected chi connectivity index (χ3v) is 6.73. The summed E-state index contributed by atoms with van der Waals surface area (Å²) < 4.78 is 6.35. The van der Waals surface area contributed by atoms with Crippen molar-refractivity contribution in [1.29, 1.82) is 0 Å². The van der Waals surface area contributed by atoms with Crippen LogP contribution in [0.3, 0.4) is 0 Å². The zero-order valence-corrected chi connectivity index (χ0v) is 19.0. The number of piperidine rings is 1. The minimum atomic E-state index is -1.85. The summed E-state index contributed by atoms with van der Waals surface area (Å²) >= 11 is 0. The Morgan fingerprint density at radius 1 is 1.09 bits per heavy atom. The Balaban J connectivity index is 1.31. The van der Waals surface area contributed by atoms with E-state index in [-0.39, 0.29) is 12.5 Å². The number of carbonyl (C=O) groups is 2. The number of likely N-dealkylation sites (tertiary alicyclic amines) is 1. The van der Waals surface area contributed by atoms with Crippen LogP contribution in [0.15, 0.2) is 66.9 Å². The Morgan fingerprint density at radius 2 is 1.76 bits per heavy atom. The van der Waals surface area contributed by atoms with Crippen molar-refractivity contribution >= 4 is 17.7 Å². The van der Waals surface area contributed by atoms with Crippen LogP contribution in [0, 0.1) is 0 Å². The molecule has 1 amide bonds. The Morgan fingerprint density at radius 3 is 2.41 bits per heavy atom. The maximum Gasteiger partial charge on any atom is 0.348 e. The summed E-state index contributed by atoms with van der Waals surface area (Å²) in [5.41, 5.74) is 0.900. The Hall–Kier alpha value is -3.62. The molecule has 1 aromatic heterocycles. The van der Waals surface area contributed by atoms with Crippen molar-refractivity contribution < 1.29 is 23.9 Å². The number of esters is 1. The van der Waals surface area contributed by atoms with Gasteiger partial charge in [0.25, 0.3) is 5.91 Å². The van der Waals surface area contributed by atoms with Crippen LogP contribution in [0.5, 0.6) is 0 Å². The van der Waals surface area contributed by atoms with Crippen molar-refractivity contribution in [3.63, 3.8) is 0 Å². The molecule has 1 saturated heterocycles. The third-order valence-electron chi connectivity index (χ3n) is 6.73. The number of carbonyl (C=O) groups excluding carboxylic acids is 2. The number of amides is 1. The highest BCUT2D eigenvalue weighted by Crippen LogP contribution is 2.48. The van der Waals surface area contributed by atoms with Crippen molar-refractivity contribution in [2.75, 3.05) is 32.0 Å². The molecular formula is C26H27N4O4+. The van der Waals surface area contributed by atoms with Gasteiger partial charge in [-0.15, -0.1) is 5.10 Å². The second-order valence-corrected chi connectivity index (χ2v) is 9.31. The molecule has 2 heterocycles. The Labute approximate surface area is 197 Å². The summed E-state index contributed by atoms with van der Waals surface area (Å²) in [5.74, 6) is -0.445. The first kappa shape index (κ1) is 22.2. The van der Waals surface area contributed by atoms with E-state index in [4.69, 9.17) is 4.74 Å². The number of anilines is 1. The fraction of sp³-hybridized carbons (Fsp3) is 0.308. The molecule has 0 spiro atoms. The van der Waals surface area contributed by atoms with Gasteiger partial charge in [-0.3, -0.25) is 4.79 Å². The molecule has 3 aromatic rings. The fourth-order valence-electron chi connectivity index (χ4n) is 5.18.